The summed E-state index contributed by atoms with van der Waals surface area (Å²) in [5, 5.41) is 7.11. The summed E-state index contributed by atoms with van der Waals surface area (Å²) in [6.07, 6.45) is 3.37. The minimum absolute atomic E-state index is 0.237. The predicted octanol–water partition coefficient (Wildman–Crippen LogP) is 2.71. The number of primary amides is 1. The first-order valence-corrected chi connectivity index (χ1v) is 9.75. The van der Waals surface area contributed by atoms with E-state index in [2.05, 4.69) is 15.3 Å². The van der Waals surface area contributed by atoms with E-state index in [9.17, 15) is 14.0 Å². The molecule has 0 saturated carbocycles. The van der Waals surface area contributed by atoms with Crippen molar-refractivity contribution in [2.75, 3.05) is 11.9 Å². The summed E-state index contributed by atoms with van der Waals surface area (Å²) in [5.74, 6) is -0.974. The van der Waals surface area contributed by atoms with Gasteiger partial charge in [0.2, 0.25) is 5.91 Å². The Balaban J connectivity index is 1.43. The molecule has 0 radical (unpaired) electrons. The summed E-state index contributed by atoms with van der Waals surface area (Å²) < 4.78 is 14.6. The number of likely N-dealkylation sites (tertiary alicyclic amines) is 1. The lowest BCUT2D eigenvalue weighted by atomic mass is 10.1. The van der Waals surface area contributed by atoms with E-state index in [1.165, 1.54) is 16.8 Å². The van der Waals surface area contributed by atoms with Gasteiger partial charge in [-0.05, 0) is 67.4 Å². The first kappa shape index (κ1) is 19.8. The van der Waals surface area contributed by atoms with Crippen LogP contribution in [0.4, 0.5) is 10.1 Å². The molecule has 2 aromatic carbocycles. The highest BCUT2D eigenvalue weighted by Crippen LogP contribution is 2.21. The number of hydrogen-bond donors (Lipinski definition) is 2. The lowest BCUT2D eigenvalue weighted by Gasteiger charge is -2.22. The van der Waals surface area contributed by atoms with Gasteiger partial charge in [0, 0.05) is 18.4 Å². The number of anilines is 1. The number of nitrogens with two attached hydrogens (primary N) is 1. The van der Waals surface area contributed by atoms with E-state index < -0.39 is 0 Å². The van der Waals surface area contributed by atoms with Crippen LogP contribution in [0.2, 0.25) is 0 Å². The number of amides is 2. The maximum absolute atomic E-state index is 13.1. The Morgan fingerprint density at radius 3 is 2.73 bits per heavy atom. The molecular formula is C22H22FN5O2. The summed E-state index contributed by atoms with van der Waals surface area (Å²) in [4.78, 5) is 26.2. The smallest absolute Gasteiger partial charge is 0.276 e. The highest BCUT2D eigenvalue weighted by Gasteiger charge is 2.28. The molecule has 3 aromatic rings. The minimum Gasteiger partial charge on any atom is -0.368 e. The number of nitrogens with zero attached hydrogens (tertiary/aromatic N) is 3. The van der Waals surface area contributed by atoms with Crippen LogP contribution in [0.1, 0.15) is 28.9 Å². The van der Waals surface area contributed by atoms with Crippen molar-refractivity contribution >= 4 is 17.5 Å². The number of nitrogens with one attached hydrogen (secondary N) is 1. The fraction of sp³-hybridized carbons (Fsp3) is 0.227. The molecule has 8 heteroatoms. The summed E-state index contributed by atoms with van der Waals surface area (Å²) in [7, 11) is 0. The third-order valence-electron chi connectivity index (χ3n) is 5.18. The second-order valence-corrected chi connectivity index (χ2v) is 7.31. The molecule has 4 rings (SSSR count). The number of carbonyl (C=O) groups is 2. The highest BCUT2D eigenvalue weighted by molar-refractivity contribution is 6.02. The molecule has 3 N–H and O–H groups in total. The van der Waals surface area contributed by atoms with Crippen molar-refractivity contribution in [2.24, 2.45) is 5.73 Å². The topological polar surface area (TPSA) is 93.3 Å². The van der Waals surface area contributed by atoms with Gasteiger partial charge < -0.3 is 11.1 Å². The molecular weight excluding hydrogens is 385 g/mol. The monoisotopic (exact) mass is 407 g/mol. The van der Waals surface area contributed by atoms with Gasteiger partial charge in [0.15, 0.2) is 5.69 Å². The van der Waals surface area contributed by atoms with E-state index in [0.717, 1.165) is 24.9 Å². The van der Waals surface area contributed by atoms with Gasteiger partial charge in [-0.25, -0.2) is 9.07 Å². The van der Waals surface area contributed by atoms with Crippen molar-refractivity contribution in [3.05, 3.63) is 77.9 Å². The third kappa shape index (κ3) is 4.38. The van der Waals surface area contributed by atoms with Crippen LogP contribution in [-0.2, 0) is 11.3 Å². The second-order valence-electron chi connectivity index (χ2n) is 7.31. The van der Waals surface area contributed by atoms with Gasteiger partial charge in [0.25, 0.3) is 5.91 Å². The van der Waals surface area contributed by atoms with Gasteiger partial charge >= 0.3 is 0 Å². The zero-order valence-corrected chi connectivity index (χ0v) is 16.3. The maximum Gasteiger partial charge on any atom is 0.276 e. The average molecular weight is 407 g/mol. The quantitative estimate of drug-likeness (QED) is 0.657. The molecule has 0 spiro atoms. The van der Waals surface area contributed by atoms with Crippen molar-refractivity contribution in [3.63, 3.8) is 0 Å². The van der Waals surface area contributed by atoms with Crippen LogP contribution in [0.25, 0.3) is 5.69 Å². The normalized spacial score (nSPS) is 16.5. The summed E-state index contributed by atoms with van der Waals surface area (Å²) in [6, 6.07) is 14.7. The number of halogens is 1. The number of hydrogen-bond acceptors (Lipinski definition) is 4. The zero-order chi connectivity index (χ0) is 21.1. The standard InChI is InChI=1S/C22H22FN5O2/c23-16-6-8-18(9-7-16)28-12-10-19(26-28)22(30)25-17-4-1-3-15(13-17)14-27-11-2-5-20(27)21(24)29/h1,3-4,6-10,12-13,20H,2,5,11,14H2,(H2,24,29)(H,25,30). The van der Waals surface area contributed by atoms with Crippen LogP contribution >= 0.6 is 0 Å². The maximum atomic E-state index is 13.1. The fourth-order valence-electron chi connectivity index (χ4n) is 3.70. The van der Waals surface area contributed by atoms with Gasteiger partial charge in [0.05, 0.1) is 11.7 Å². The lowest BCUT2D eigenvalue weighted by molar-refractivity contribution is -0.122. The van der Waals surface area contributed by atoms with Crippen LogP contribution in [0.5, 0.6) is 0 Å². The largest absolute Gasteiger partial charge is 0.368 e. The Morgan fingerprint density at radius 1 is 1.17 bits per heavy atom. The lowest BCUT2D eigenvalue weighted by Crippen LogP contribution is -2.39. The number of benzene rings is 2. The Hall–Kier alpha value is -3.52. The zero-order valence-electron chi connectivity index (χ0n) is 16.3. The first-order valence-electron chi connectivity index (χ1n) is 9.75. The molecule has 2 amide bonds. The fourth-order valence-corrected chi connectivity index (χ4v) is 3.70. The van der Waals surface area contributed by atoms with Gasteiger partial charge in [-0.2, -0.15) is 5.10 Å². The molecule has 154 valence electrons. The molecule has 1 unspecified atom stereocenters. The summed E-state index contributed by atoms with van der Waals surface area (Å²) in [5.41, 5.74) is 8.02. The number of aromatic nitrogens is 2. The molecule has 0 bridgehead atoms. The molecule has 30 heavy (non-hydrogen) atoms. The molecule has 2 heterocycles. The molecule has 1 aromatic heterocycles. The van der Waals surface area contributed by atoms with Crippen LogP contribution < -0.4 is 11.1 Å². The van der Waals surface area contributed by atoms with E-state index in [4.69, 9.17) is 5.73 Å². The van der Waals surface area contributed by atoms with E-state index >= 15 is 0 Å². The summed E-state index contributed by atoms with van der Waals surface area (Å²) in [6.45, 7) is 1.42. The molecule has 1 aliphatic heterocycles. The van der Waals surface area contributed by atoms with E-state index in [-0.39, 0.29) is 29.4 Å². The number of rotatable bonds is 6. The SMILES string of the molecule is NC(=O)C1CCCN1Cc1cccc(NC(=O)c2ccn(-c3ccc(F)cc3)n2)c1. The minimum atomic E-state index is -0.343. The van der Waals surface area contributed by atoms with Crippen molar-refractivity contribution < 1.29 is 14.0 Å². The van der Waals surface area contributed by atoms with Gasteiger partial charge in [-0.3, -0.25) is 14.5 Å². The Labute approximate surface area is 173 Å². The second kappa shape index (κ2) is 8.46. The van der Waals surface area contributed by atoms with Crippen molar-refractivity contribution in [2.45, 2.75) is 25.4 Å². The van der Waals surface area contributed by atoms with Crippen molar-refractivity contribution in [1.29, 1.82) is 0 Å². The molecule has 1 fully saturated rings. The van der Waals surface area contributed by atoms with Crippen LogP contribution in [0, 0.1) is 5.82 Å². The average Bonchev–Trinajstić information content (AvgIpc) is 3.39. The van der Waals surface area contributed by atoms with E-state index in [0.29, 0.717) is 17.9 Å². The Morgan fingerprint density at radius 2 is 1.97 bits per heavy atom. The van der Waals surface area contributed by atoms with Crippen LogP contribution in [0.15, 0.2) is 60.8 Å². The third-order valence-corrected chi connectivity index (χ3v) is 5.18. The Bertz CT molecular complexity index is 1060. The van der Waals surface area contributed by atoms with Crippen molar-refractivity contribution in [1.82, 2.24) is 14.7 Å². The molecule has 1 atom stereocenters. The van der Waals surface area contributed by atoms with E-state index in [1.54, 1.807) is 30.5 Å². The highest BCUT2D eigenvalue weighted by atomic mass is 19.1. The first-order chi connectivity index (χ1) is 14.5. The van der Waals surface area contributed by atoms with Gasteiger partial charge in [0.1, 0.15) is 5.82 Å². The molecule has 7 nitrogen and oxygen atoms in total. The molecule has 1 aliphatic rings. The van der Waals surface area contributed by atoms with Gasteiger partial charge in [-0.1, -0.05) is 12.1 Å². The summed E-state index contributed by atoms with van der Waals surface area (Å²) >= 11 is 0. The predicted molar refractivity (Wildman–Crippen MR) is 111 cm³/mol. The molecule has 1 saturated heterocycles. The number of carbonyl (C=O) groups excluding carboxylic acids is 2. The van der Waals surface area contributed by atoms with Crippen LogP contribution in [0.3, 0.4) is 0 Å². The van der Waals surface area contributed by atoms with Crippen LogP contribution in [-0.4, -0.2) is 39.1 Å². The Kier molecular flexibility index (Phi) is 5.58. The van der Waals surface area contributed by atoms with Gasteiger partial charge in [-0.15, -0.1) is 0 Å². The molecule has 0 aliphatic carbocycles. The van der Waals surface area contributed by atoms with E-state index in [1.807, 2.05) is 18.2 Å². The van der Waals surface area contributed by atoms with Crippen molar-refractivity contribution in [3.8, 4) is 5.69 Å².